The van der Waals surface area contributed by atoms with Crippen molar-refractivity contribution in [1.82, 2.24) is 15.1 Å². The molecule has 3 rings (SSSR count). The second-order valence-corrected chi connectivity index (χ2v) is 7.68. The molecule has 8 heteroatoms. The fraction of sp³-hybridized carbons (Fsp3) is 0.409. The predicted octanol–water partition coefficient (Wildman–Crippen LogP) is 4.12. The van der Waals surface area contributed by atoms with Crippen molar-refractivity contribution in [1.29, 1.82) is 0 Å². The number of nitrogens with one attached hydrogen (secondary N) is 2. The maximum Gasteiger partial charge on any atom is 0.416 e. The number of hydrogen-bond acceptors (Lipinski definition) is 3. The van der Waals surface area contributed by atoms with E-state index in [0.717, 1.165) is 49.4 Å². The van der Waals surface area contributed by atoms with Gasteiger partial charge >= 0.3 is 12.2 Å². The number of benzene rings is 2. The Morgan fingerprint density at radius 2 is 1.60 bits per heavy atom. The second-order valence-electron chi connectivity index (χ2n) is 7.68. The summed E-state index contributed by atoms with van der Waals surface area (Å²) in [5, 5.41) is 5.66. The van der Waals surface area contributed by atoms with E-state index in [-0.39, 0.29) is 12.1 Å². The molecule has 1 atom stereocenters. The van der Waals surface area contributed by atoms with E-state index in [9.17, 15) is 18.0 Å². The normalized spacial score (nSPS) is 16.8. The van der Waals surface area contributed by atoms with Crippen LogP contribution in [0.25, 0.3) is 0 Å². The lowest BCUT2D eigenvalue weighted by molar-refractivity contribution is -0.137. The second kappa shape index (κ2) is 9.49. The lowest BCUT2D eigenvalue weighted by Crippen LogP contribution is -2.48. The number of alkyl halides is 3. The summed E-state index contributed by atoms with van der Waals surface area (Å²) in [5.41, 5.74) is 1.86. The molecule has 2 aromatic carbocycles. The van der Waals surface area contributed by atoms with Crippen LogP contribution in [-0.2, 0) is 6.18 Å². The van der Waals surface area contributed by atoms with Crippen molar-refractivity contribution in [3.8, 4) is 0 Å². The molecule has 5 nitrogen and oxygen atoms in total. The van der Waals surface area contributed by atoms with Gasteiger partial charge < -0.3 is 15.5 Å². The summed E-state index contributed by atoms with van der Waals surface area (Å²) < 4.78 is 38.8. The van der Waals surface area contributed by atoms with Gasteiger partial charge in [0.25, 0.3) is 0 Å². The molecule has 1 heterocycles. The van der Waals surface area contributed by atoms with E-state index in [2.05, 4.69) is 20.4 Å². The van der Waals surface area contributed by atoms with Crippen LogP contribution in [0.3, 0.4) is 0 Å². The number of carbonyl (C=O) groups is 1. The van der Waals surface area contributed by atoms with Gasteiger partial charge in [0.2, 0.25) is 0 Å². The van der Waals surface area contributed by atoms with Crippen molar-refractivity contribution >= 4 is 11.7 Å². The van der Waals surface area contributed by atoms with Crippen LogP contribution in [0, 0.1) is 6.92 Å². The van der Waals surface area contributed by atoms with Crippen LogP contribution in [-0.4, -0.2) is 55.6 Å². The first kappa shape index (κ1) is 22.1. The highest BCUT2D eigenvalue weighted by Crippen LogP contribution is 2.31. The molecule has 30 heavy (non-hydrogen) atoms. The number of nitrogens with zero attached hydrogens (tertiary/aromatic N) is 2. The van der Waals surface area contributed by atoms with Crippen LogP contribution in [0.15, 0.2) is 48.5 Å². The number of likely N-dealkylation sites (N-methyl/N-ethyl adjacent to an activating group) is 1. The summed E-state index contributed by atoms with van der Waals surface area (Å²) >= 11 is 0. The molecule has 1 aliphatic heterocycles. The van der Waals surface area contributed by atoms with E-state index in [0.29, 0.717) is 12.2 Å². The van der Waals surface area contributed by atoms with E-state index < -0.39 is 11.7 Å². The van der Waals surface area contributed by atoms with Gasteiger partial charge in [-0.05, 0) is 43.8 Å². The van der Waals surface area contributed by atoms with Crippen molar-refractivity contribution in [2.75, 3.05) is 45.1 Å². The Balaban J connectivity index is 1.69. The lowest BCUT2D eigenvalue weighted by Gasteiger charge is -2.38. The minimum absolute atomic E-state index is 0.204. The molecule has 2 N–H and O–H groups in total. The van der Waals surface area contributed by atoms with Crippen LogP contribution in [0.5, 0.6) is 0 Å². The molecule has 162 valence electrons. The van der Waals surface area contributed by atoms with Gasteiger partial charge in [0.15, 0.2) is 0 Å². The van der Waals surface area contributed by atoms with Crippen molar-refractivity contribution in [3.05, 3.63) is 65.2 Å². The van der Waals surface area contributed by atoms with Crippen molar-refractivity contribution in [2.24, 2.45) is 0 Å². The summed E-state index contributed by atoms with van der Waals surface area (Å²) in [5.74, 6) is 0. The van der Waals surface area contributed by atoms with Crippen LogP contribution < -0.4 is 10.6 Å². The Bertz CT molecular complexity index is 829. The van der Waals surface area contributed by atoms with Gasteiger partial charge in [-0.25, -0.2) is 4.79 Å². The predicted molar refractivity (Wildman–Crippen MR) is 111 cm³/mol. The maximum absolute atomic E-state index is 12.9. The number of hydrogen-bond donors (Lipinski definition) is 2. The molecule has 0 bridgehead atoms. The Hall–Kier alpha value is -2.58. The minimum Gasteiger partial charge on any atom is -0.336 e. The smallest absolute Gasteiger partial charge is 0.336 e. The third kappa shape index (κ3) is 5.96. The van der Waals surface area contributed by atoms with Crippen LogP contribution in [0.1, 0.15) is 22.7 Å². The number of halogens is 3. The fourth-order valence-electron chi connectivity index (χ4n) is 3.49. The lowest BCUT2D eigenvalue weighted by atomic mass is 10.0. The van der Waals surface area contributed by atoms with Crippen LogP contribution in [0.2, 0.25) is 0 Å². The van der Waals surface area contributed by atoms with Gasteiger partial charge in [0, 0.05) is 38.4 Å². The molecule has 0 radical (unpaired) electrons. The summed E-state index contributed by atoms with van der Waals surface area (Å²) in [6.45, 7) is 5.56. The summed E-state index contributed by atoms with van der Waals surface area (Å²) in [4.78, 5) is 16.8. The van der Waals surface area contributed by atoms with Crippen molar-refractivity contribution in [3.63, 3.8) is 0 Å². The first-order chi connectivity index (χ1) is 14.2. The number of amides is 2. The van der Waals surface area contributed by atoms with Gasteiger partial charge in [-0.15, -0.1) is 0 Å². The average Bonchev–Trinajstić information content (AvgIpc) is 2.71. The quantitative estimate of drug-likeness (QED) is 0.765. The SMILES string of the molecule is Cc1ccc(NC(=O)NCC(c2ccc(C(F)(F)F)cc2)N2CCN(C)CC2)cc1. The van der Waals surface area contributed by atoms with Gasteiger partial charge in [-0.1, -0.05) is 29.8 Å². The summed E-state index contributed by atoms with van der Waals surface area (Å²) in [6, 6.07) is 12.1. The molecule has 1 fully saturated rings. The van der Waals surface area contributed by atoms with Crippen LogP contribution in [0.4, 0.5) is 23.7 Å². The number of rotatable bonds is 5. The highest BCUT2D eigenvalue weighted by atomic mass is 19.4. The molecule has 1 unspecified atom stereocenters. The topological polar surface area (TPSA) is 47.6 Å². The number of anilines is 1. The molecule has 2 aromatic rings. The maximum atomic E-state index is 12.9. The highest BCUT2D eigenvalue weighted by molar-refractivity contribution is 5.89. The minimum atomic E-state index is -4.37. The van der Waals surface area contributed by atoms with Gasteiger partial charge in [0.05, 0.1) is 11.6 Å². The van der Waals surface area contributed by atoms with Gasteiger partial charge in [0.1, 0.15) is 0 Å². The first-order valence-electron chi connectivity index (χ1n) is 9.93. The first-order valence-corrected chi connectivity index (χ1v) is 9.93. The van der Waals surface area contributed by atoms with Crippen molar-refractivity contribution < 1.29 is 18.0 Å². The zero-order valence-electron chi connectivity index (χ0n) is 17.2. The zero-order chi connectivity index (χ0) is 21.7. The summed E-state index contributed by atoms with van der Waals surface area (Å²) in [7, 11) is 2.04. The Labute approximate surface area is 174 Å². The monoisotopic (exact) mass is 420 g/mol. The number of carbonyl (C=O) groups excluding carboxylic acids is 1. The molecule has 0 spiro atoms. The largest absolute Gasteiger partial charge is 0.416 e. The van der Waals surface area contributed by atoms with E-state index >= 15 is 0 Å². The molecular weight excluding hydrogens is 393 g/mol. The summed E-state index contributed by atoms with van der Waals surface area (Å²) in [6.07, 6.45) is -4.37. The molecule has 0 aliphatic carbocycles. The third-order valence-electron chi connectivity index (χ3n) is 5.37. The van der Waals surface area contributed by atoms with E-state index in [4.69, 9.17) is 0 Å². The molecule has 1 aliphatic rings. The van der Waals surface area contributed by atoms with E-state index in [1.165, 1.54) is 12.1 Å². The Kier molecular flexibility index (Phi) is 6.99. The van der Waals surface area contributed by atoms with Crippen LogP contribution >= 0.6 is 0 Å². The number of piperazine rings is 1. The van der Waals surface area contributed by atoms with Gasteiger partial charge in [-0.3, -0.25) is 4.90 Å². The molecule has 2 amide bonds. The molecular formula is C22H27F3N4O. The third-order valence-corrected chi connectivity index (χ3v) is 5.37. The van der Waals surface area contributed by atoms with E-state index in [1.807, 2.05) is 38.2 Å². The Morgan fingerprint density at radius 3 is 2.17 bits per heavy atom. The van der Waals surface area contributed by atoms with Crippen molar-refractivity contribution in [2.45, 2.75) is 19.1 Å². The Morgan fingerprint density at radius 1 is 1.00 bits per heavy atom. The standard InChI is InChI=1S/C22H27F3N4O/c1-16-3-9-19(10-4-16)27-21(30)26-15-20(29-13-11-28(2)12-14-29)17-5-7-18(8-6-17)22(23,24)25/h3-10,20H,11-15H2,1-2H3,(H2,26,27,30). The fourth-order valence-corrected chi connectivity index (χ4v) is 3.49. The van der Waals surface area contributed by atoms with Gasteiger partial charge in [-0.2, -0.15) is 13.2 Å². The molecule has 0 saturated carbocycles. The zero-order valence-corrected chi connectivity index (χ0v) is 17.2. The molecule has 1 saturated heterocycles. The van der Waals surface area contributed by atoms with E-state index in [1.54, 1.807) is 0 Å². The number of urea groups is 1. The number of aryl methyl sites for hydroxylation is 1. The highest BCUT2D eigenvalue weighted by Gasteiger charge is 2.31. The average molecular weight is 420 g/mol. The molecule has 0 aromatic heterocycles.